The molecule has 1 saturated carbocycles. The van der Waals surface area contributed by atoms with E-state index in [0.29, 0.717) is 18.6 Å². The van der Waals surface area contributed by atoms with Crippen molar-refractivity contribution >= 4 is 12.5 Å². The summed E-state index contributed by atoms with van der Waals surface area (Å²) in [5.41, 5.74) is 5.84. The van der Waals surface area contributed by atoms with Crippen LogP contribution in [0.25, 0.3) is 0 Å². The number of aliphatic hydroxyl groups excluding tert-OH is 1. The maximum atomic E-state index is 12.6. The third-order valence-corrected chi connectivity index (χ3v) is 9.17. The predicted molar refractivity (Wildman–Crippen MR) is 162 cm³/mol. The lowest BCUT2D eigenvalue weighted by Crippen LogP contribution is -2.44. The molecule has 3 aromatic rings. The van der Waals surface area contributed by atoms with E-state index in [0.717, 1.165) is 41.9 Å². The lowest BCUT2D eigenvalue weighted by molar-refractivity contribution is -0.122. The molecule has 2 aliphatic heterocycles. The van der Waals surface area contributed by atoms with E-state index in [1.807, 2.05) is 36.4 Å². The van der Waals surface area contributed by atoms with E-state index in [1.54, 1.807) is 23.5 Å². The molecule has 3 unspecified atom stereocenters. The Morgan fingerprint density at radius 1 is 0.952 bits per heavy atom. The fraction of sp³-hybridized carbons (Fsp3) is 0.441. The molecule has 1 saturated heterocycles. The summed E-state index contributed by atoms with van der Waals surface area (Å²) < 4.78 is 0. The Morgan fingerprint density at radius 3 is 2.31 bits per heavy atom. The molecule has 222 valence electrons. The van der Waals surface area contributed by atoms with Crippen LogP contribution in [0.15, 0.2) is 73.1 Å². The number of carbonyl (C=O) groups is 2. The highest BCUT2D eigenvalue weighted by molar-refractivity contribution is 5.74. The van der Waals surface area contributed by atoms with Gasteiger partial charge in [0.2, 0.25) is 0 Å². The summed E-state index contributed by atoms with van der Waals surface area (Å²) in [7, 11) is 0. The van der Waals surface area contributed by atoms with Crippen molar-refractivity contribution in [2.24, 2.45) is 5.92 Å². The van der Waals surface area contributed by atoms with Gasteiger partial charge in [-0.25, -0.2) is 4.79 Å². The molecule has 3 heterocycles. The van der Waals surface area contributed by atoms with Gasteiger partial charge in [0.15, 0.2) is 0 Å². The molecular formula is C34H42N4O4. The van der Waals surface area contributed by atoms with E-state index in [9.17, 15) is 9.90 Å². The second kappa shape index (κ2) is 14.4. The van der Waals surface area contributed by atoms with Gasteiger partial charge in [-0.1, -0.05) is 54.6 Å². The number of aliphatic hydroxyl groups is 1. The zero-order chi connectivity index (χ0) is 29.3. The van der Waals surface area contributed by atoms with Crippen LogP contribution in [0.1, 0.15) is 91.0 Å². The third-order valence-electron chi connectivity index (χ3n) is 9.17. The van der Waals surface area contributed by atoms with E-state index in [1.165, 1.54) is 38.6 Å². The smallest absolute Gasteiger partial charge is 0.315 e. The molecule has 6 rings (SSSR count). The molecule has 3 aliphatic rings. The number of amides is 2. The van der Waals surface area contributed by atoms with Crippen molar-refractivity contribution in [3.05, 3.63) is 101 Å². The Bertz CT molecular complexity index is 1280. The van der Waals surface area contributed by atoms with Crippen molar-refractivity contribution in [2.45, 2.75) is 75.6 Å². The van der Waals surface area contributed by atoms with E-state index in [-0.39, 0.29) is 18.5 Å². The normalized spacial score (nSPS) is 23.3. The van der Waals surface area contributed by atoms with E-state index < -0.39 is 6.10 Å². The van der Waals surface area contributed by atoms with Crippen LogP contribution in [-0.2, 0) is 11.2 Å². The Balaban J connectivity index is 0.00000113. The molecule has 4 N–H and O–H groups in total. The quantitative estimate of drug-likeness (QED) is 0.251. The van der Waals surface area contributed by atoms with Gasteiger partial charge in [0.05, 0.1) is 0 Å². The minimum Gasteiger partial charge on any atom is -0.483 e. The molecule has 2 bridgehead atoms. The summed E-state index contributed by atoms with van der Waals surface area (Å²) in [6.45, 7) is 1.52. The van der Waals surface area contributed by atoms with Crippen LogP contribution < -0.4 is 10.6 Å². The van der Waals surface area contributed by atoms with E-state index in [4.69, 9.17) is 9.90 Å². The number of urea groups is 1. The number of carboxylic acid groups (broad SMARTS) is 1. The van der Waals surface area contributed by atoms with Gasteiger partial charge in [0.25, 0.3) is 6.47 Å². The third kappa shape index (κ3) is 7.17. The number of fused-ring (bicyclic) bond motifs is 5. The van der Waals surface area contributed by atoms with Gasteiger partial charge in [-0.05, 0) is 92.1 Å². The highest BCUT2D eigenvalue weighted by atomic mass is 16.3. The minimum atomic E-state index is -0.702. The first-order valence-corrected chi connectivity index (χ1v) is 15.2. The summed E-state index contributed by atoms with van der Waals surface area (Å²) in [6, 6.07) is 22.1. The molecule has 42 heavy (non-hydrogen) atoms. The molecule has 1 aromatic heterocycles. The maximum absolute atomic E-state index is 12.6. The zero-order valence-corrected chi connectivity index (χ0v) is 24.1. The summed E-state index contributed by atoms with van der Waals surface area (Å²) in [6.07, 6.45) is 11.8. The molecular weight excluding hydrogens is 528 g/mol. The van der Waals surface area contributed by atoms with Crippen molar-refractivity contribution in [2.75, 3.05) is 13.1 Å². The number of carbonyl (C=O) groups excluding carboxylic acids is 1. The van der Waals surface area contributed by atoms with Gasteiger partial charge < -0.3 is 20.8 Å². The zero-order valence-electron chi connectivity index (χ0n) is 24.1. The highest BCUT2D eigenvalue weighted by Crippen LogP contribution is 2.53. The van der Waals surface area contributed by atoms with Gasteiger partial charge >= 0.3 is 6.03 Å². The number of hydrogen-bond acceptors (Lipinski definition) is 5. The molecule has 0 radical (unpaired) electrons. The van der Waals surface area contributed by atoms with Gasteiger partial charge in [-0.15, -0.1) is 0 Å². The monoisotopic (exact) mass is 570 g/mol. The minimum absolute atomic E-state index is 0.0728. The Labute approximate surface area is 248 Å². The fourth-order valence-corrected chi connectivity index (χ4v) is 7.10. The lowest BCUT2D eigenvalue weighted by Gasteiger charge is -2.31. The van der Waals surface area contributed by atoms with Crippen molar-refractivity contribution in [1.29, 1.82) is 0 Å². The first-order chi connectivity index (χ1) is 20.6. The van der Waals surface area contributed by atoms with Crippen molar-refractivity contribution in [1.82, 2.24) is 20.5 Å². The second-order valence-electron chi connectivity index (χ2n) is 11.7. The summed E-state index contributed by atoms with van der Waals surface area (Å²) in [5.74, 6) is 0.767. The first kappa shape index (κ1) is 29.7. The van der Waals surface area contributed by atoms with E-state index in [2.05, 4.69) is 44.8 Å². The molecule has 3 atom stereocenters. The van der Waals surface area contributed by atoms with Crippen LogP contribution in [0, 0.1) is 5.92 Å². The SMILES string of the molecule is O=C(NCCc1cccc(C(O)c2cccnc2)c1)NC1CCC(CCN2C3CCC2c2ccccc23)CC1.O=CO. The largest absolute Gasteiger partial charge is 0.483 e. The van der Waals surface area contributed by atoms with Crippen molar-refractivity contribution in [3.8, 4) is 0 Å². The molecule has 2 fully saturated rings. The van der Waals surface area contributed by atoms with Crippen LogP contribution >= 0.6 is 0 Å². The number of hydrogen-bond donors (Lipinski definition) is 4. The van der Waals surface area contributed by atoms with Crippen LogP contribution in [0.2, 0.25) is 0 Å². The summed E-state index contributed by atoms with van der Waals surface area (Å²) in [5, 5.41) is 23.8. The maximum Gasteiger partial charge on any atom is 0.315 e. The molecule has 2 amide bonds. The second-order valence-corrected chi connectivity index (χ2v) is 11.7. The average molecular weight is 571 g/mol. The van der Waals surface area contributed by atoms with Gasteiger partial charge in [-0.2, -0.15) is 0 Å². The van der Waals surface area contributed by atoms with Gasteiger partial charge in [-0.3, -0.25) is 14.7 Å². The number of benzene rings is 2. The Hall–Kier alpha value is -3.75. The standard InChI is InChI=1S/C33H40N4O2.CH2O2/c38-32(26-7-4-18-34-22-26)25-6-3-5-24(21-25)16-19-35-33(39)36-27-12-10-23(11-13-27)17-20-37-30-14-15-31(37)29-9-2-1-8-28(29)30;2-1-3/h1-9,18,21-23,27,30-32,38H,10-17,19-20H2,(H2,35,36,39);1H,(H,2,3). The Morgan fingerprint density at radius 2 is 1.64 bits per heavy atom. The number of pyridine rings is 1. The van der Waals surface area contributed by atoms with Crippen molar-refractivity contribution < 1.29 is 19.8 Å². The summed E-state index contributed by atoms with van der Waals surface area (Å²) in [4.78, 5) is 27.8. The highest BCUT2D eigenvalue weighted by Gasteiger charge is 2.43. The number of aromatic nitrogens is 1. The van der Waals surface area contributed by atoms with Crippen LogP contribution in [0.4, 0.5) is 4.79 Å². The number of rotatable bonds is 9. The molecule has 2 aromatic carbocycles. The predicted octanol–water partition coefficient (Wildman–Crippen LogP) is 5.55. The molecule has 8 heteroatoms. The number of nitrogens with one attached hydrogen (secondary N) is 2. The van der Waals surface area contributed by atoms with Crippen LogP contribution in [-0.4, -0.2) is 51.7 Å². The summed E-state index contributed by atoms with van der Waals surface area (Å²) >= 11 is 0. The Kier molecular flexibility index (Phi) is 10.2. The first-order valence-electron chi connectivity index (χ1n) is 15.2. The fourth-order valence-electron chi connectivity index (χ4n) is 7.10. The molecule has 8 nitrogen and oxygen atoms in total. The lowest BCUT2D eigenvalue weighted by atomic mass is 9.84. The topological polar surface area (TPSA) is 115 Å². The van der Waals surface area contributed by atoms with Crippen LogP contribution in [0.5, 0.6) is 0 Å². The van der Waals surface area contributed by atoms with Crippen molar-refractivity contribution in [3.63, 3.8) is 0 Å². The average Bonchev–Trinajstić information content (AvgIpc) is 3.57. The van der Waals surface area contributed by atoms with Gasteiger partial charge in [0, 0.05) is 42.6 Å². The molecule has 0 spiro atoms. The molecule has 1 aliphatic carbocycles. The van der Waals surface area contributed by atoms with E-state index >= 15 is 0 Å². The van der Waals surface area contributed by atoms with Crippen LogP contribution in [0.3, 0.4) is 0 Å². The number of nitrogens with zero attached hydrogens (tertiary/aromatic N) is 2. The van der Waals surface area contributed by atoms with Gasteiger partial charge in [0.1, 0.15) is 6.10 Å².